The zero-order valence-corrected chi connectivity index (χ0v) is 15.0. The maximum Gasteiger partial charge on any atom is 0.200 e. The van der Waals surface area contributed by atoms with Gasteiger partial charge in [0.1, 0.15) is 0 Å². The number of rotatable bonds is 2. The second-order valence-electron chi connectivity index (χ2n) is 6.83. The average molecular weight is 329 g/mol. The smallest absolute Gasteiger partial charge is 0.200 e. The molecule has 1 aliphatic carbocycles. The summed E-state index contributed by atoms with van der Waals surface area (Å²) in [4.78, 5) is 6.70. The van der Waals surface area contributed by atoms with Crippen molar-refractivity contribution in [3.63, 3.8) is 0 Å². The normalized spacial score (nSPS) is 13.5. The lowest BCUT2D eigenvalue weighted by atomic mass is 10.0. The molecule has 0 heterocycles. The van der Waals surface area contributed by atoms with Crippen LogP contribution in [0.2, 0.25) is 0 Å². The van der Waals surface area contributed by atoms with Gasteiger partial charge in [-0.3, -0.25) is 0 Å². The number of hydrogen-bond acceptors (Lipinski definition) is 1. The van der Waals surface area contributed by atoms with Crippen molar-refractivity contribution in [3.05, 3.63) is 70.8 Å². The Morgan fingerprint density at radius 2 is 1.80 bits per heavy atom. The van der Waals surface area contributed by atoms with Crippen molar-refractivity contribution < 1.29 is 0 Å². The summed E-state index contributed by atoms with van der Waals surface area (Å²) in [6.07, 6.45) is 2.17. The minimum atomic E-state index is 0.522. The Bertz CT molecular complexity index is 1000. The van der Waals surface area contributed by atoms with E-state index in [1.54, 1.807) is 0 Å². The molecular formula is C22H23N3. The van der Waals surface area contributed by atoms with E-state index in [2.05, 4.69) is 55.2 Å². The molecule has 4 rings (SSSR count). The van der Waals surface area contributed by atoms with Gasteiger partial charge in [0, 0.05) is 12.7 Å². The molecule has 0 bridgehead atoms. The minimum Gasteiger partial charge on any atom is -0.369 e. The minimum absolute atomic E-state index is 0.522. The molecule has 2 N–H and O–H groups in total. The molecule has 1 aliphatic rings. The van der Waals surface area contributed by atoms with Gasteiger partial charge >= 0.3 is 0 Å². The van der Waals surface area contributed by atoms with E-state index in [1.165, 1.54) is 33.0 Å². The van der Waals surface area contributed by atoms with Crippen LogP contribution in [0.5, 0.6) is 0 Å². The number of hydrogen-bond donors (Lipinski definition) is 1. The standard InChI is InChI=1S/C22H23N3/c1-14-6-4-9-19(15(14)2)24-22(23)25(3)20-13-11-17-8-5-7-16-10-12-18(20)21(16)17/h4-9,11,13H,10,12H2,1-3H3,(H2,23,24). The fraction of sp³-hybridized carbons (Fsp3) is 0.227. The summed E-state index contributed by atoms with van der Waals surface area (Å²) < 4.78 is 0. The van der Waals surface area contributed by atoms with Gasteiger partial charge in [-0.05, 0) is 71.8 Å². The summed E-state index contributed by atoms with van der Waals surface area (Å²) in [7, 11) is 2.00. The van der Waals surface area contributed by atoms with Gasteiger partial charge in [0.15, 0.2) is 0 Å². The number of aliphatic imine (C=N–C) groups is 1. The van der Waals surface area contributed by atoms with Crippen LogP contribution >= 0.6 is 0 Å². The van der Waals surface area contributed by atoms with Crippen molar-refractivity contribution in [1.82, 2.24) is 0 Å². The number of benzene rings is 3. The molecule has 0 saturated carbocycles. The first-order chi connectivity index (χ1) is 12.1. The Balaban J connectivity index is 1.77. The summed E-state index contributed by atoms with van der Waals surface area (Å²) in [6.45, 7) is 4.18. The third-order valence-electron chi connectivity index (χ3n) is 5.38. The molecule has 0 saturated heterocycles. The van der Waals surface area contributed by atoms with Crippen molar-refractivity contribution >= 4 is 28.1 Å². The maximum absolute atomic E-state index is 6.36. The highest BCUT2D eigenvalue weighted by atomic mass is 15.2. The highest BCUT2D eigenvalue weighted by molar-refractivity contribution is 6.02. The van der Waals surface area contributed by atoms with Gasteiger partial charge in [-0.1, -0.05) is 36.4 Å². The first-order valence-electron chi connectivity index (χ1n) is 8.74. The lowest BCUT2D eigenvalue weighted by Gasteiger charge is -2.22. The Morgan fingerprint density at radius 1 is 1.00 bits per heavy atom. The molecule has 0 atom stereocenters. The van der Waals surface area contributed by atoms with Gasteiger partial charge in [0.05, 0.1) is 5.69 Å². The summed E-state index contributed by atoms with van der Waals surface area (Å²) in [5.41, 5.74) is 13.7. The molecule has 0 unspecified atom stereocenters. The molecule has 25 heavy (non-hydrogen) atoms. The van der Waals surface area contributed by atoms with Crippen LogP contribution in [-0.2, 0) is 12.8 Å². The fourth-order valence-electron chi connectivity index (χ4n) is 3.74. The SMILES string of the molecule is Cc1cccc(N=C(N)N(C)c2ccc3cccc4c3c2CC4)c1C. The highest BCUT2D eigenvalue weighted by Gasteiger charge is 2.20. The first-order valence-corrected chi connectivity index (χ1v) is 8.74. The van der Waals surface area contributed by atoms with Crippen molar-refractivity contribution in [3.8, 4) is 0 Å². The second kappa shape index (κ2) is 5.92. The van der Waals surface area contributed by atoms with E-state index in [9.17, 15) is 0 Å². The number of aryl methyl sites for hydroxylation is 3. The monoisotopic (exact) mass is 329 g/mol. The predicted molar refractivity (Wildman–Crippen MR) is 107 cm³/mol. The quantitative estimate of drug-likeness (QED) is 0.550. The van der Waals surface area contributed by atoms with E-state index in [0.29, 0.717) is 5.96 Å². The van der Waals surface area contributed by atoms with Crippen LogP contribution in [0.1, 0.15) is 22.3 Å². The molecule has 3 heteroatoms. The van der Waals surface area contributed by atoms with Crippen LogP contribution < -0.4 is 10.6 Å². The van der Waals surface area contributed by atoms with Crippen LogP contribution in [0.25, 0.3) is 10.8 Å². The lowest BCUT2D eigenvalue weighted by molar-refractivity contribution is 1.02. The predicted octanol–water partition coefficient (Wildman–Crippen LogP) is 4.64. The van der Waals surface area contributed by atoms with E-state index in [4.69, 9.17) is 5.73 Å². The number of anilines is 1. The third kappa shape index (κ3) is 2.56. The molecule has 3 nitrogen and oxygen atoms in total. The van der Waals surface area contributed by atoms with E-state index >= 15 is 0 Å². The highest BCUT2D eigenvalue weighted by Crippen LogP contribution is 2.37. The van der Waals surface area contributed by atoms with Crippen LogP contribution in [0.4, 0.5) is 11.4 Å². The van der Waals surface area contributed by atoms with Gasteiger partial charge in [0.25, 0.3) is 0 Å². The van der Waals surface area contributed by atoms with Gasteiger partial charge in [-0.2, -0.15) is 0 Å². The molecule has 0 fully saturated rings. The molecule has 0 aliphatic heterocycles. The molecule has 126 valence electrons. The Hall–Kier alpha value is -2.81. The van der Waals surface area contributed by atoms with Crippen molar-refractivity contribution in [2.24, 2.45) is 10.7 Å². The Labute approximate surface area is 148 Å². The molecular weight excluding hydrogens is 306 g/mol. The van der Waals surface area contributed by atoms with Gasteiger partial charge < -0.3 is 10.6 Å². The van der Waals surface area contributed by atoms with Crippen LogP contribution in [0.15, 0.2) is 53.5 Å². The Morgan fingerprint density at radius 3 is 2.64 bits per heavy atom. The molecule has 0 aromatic heterocycles. The van der Waals surface area contributed by atoms with Gasteiger partial charge in [0.2, 0.25) is 5.96 Å². The summed E-state index contributed by atoms with van der Waals surface area (Å²) in [5, 5.41) is 2.71. The third-order valence-corrected chi connectivity index (χ3v) is 5.38. The van der Waals surface area contributed by atoms with Crippen LogP contribution in [0.3, 0.4) is 0 Å². The second-order valence-corrected chi connectivity index (χ2v) is 6.83. The maximum atomic E-state index is 6.36. The largest absolute Gasteiger partial charge is 0.369 e. The zero-order valence-electron chi connectivity index (χ0n) is 15.0. The van der Waals surface area contributed by atoms with Crippen molar-refractivity contribution in [1.29, 1.82) is 0 Å². The lowest BCUT2D eigenvalue weighted by Crippen LogP contribution is -2.34. The summed E-state index contributed by atoms with van der Waals surface area (Å²) in [6, 6.07) is 17.0. The molecule has 0 amide bonds. The summed E-state index contributed by atoms with van der Waals surface area (Å²) >= 11 is 0. The van der Waals surface area contributed by atoms with Crippen LogP contribution in [-0.4, -0.2) is 13.0 Å². The van der Waals surface area contributed by atoms with Crippen molar-refractivity contribution in [2.75, 3.05) is 11.9 Å². The zero-order chi connectivity index (χ0) is 17.6. The molecule has 3 aromatic carbocycles. The topological polar surface area (TPSA) is 41.6 Å². The number of nitrogens with zero attached hydrogens (tertiary/aromatic N) is 2. The molecule has 3 aromatic rings. The first kappa shape index (κ1) is 15.7. The average Bonchev–Trinajstić information content (AvgIpc) is 3.05. The Kier molecular flexibility index (Phi) is 3.72. The van der Waals surface area contributed by atoms with E-state index < -0.39 is 0 Å². The molecule has 0 radical (unpaired) electrons. The van der Waals surface area contributed by atoms with Gasteiger partial charge in [-0.25, -0.2) is 4.99 Å². The van der Waals surface area contributed by atoms with E-state index in [1.807, 2.05) is 24.1 Å². The van der Waals surface area contributed by atoms with E-state index in [-0.39, 0.29) is 0 Å². The number of nitrogens with two attached hydrogens (primary N) is 1. The van der Waals surface area contributed by atoms with Crippen LogP contribution in [0, 0.1) is 13.8 Å². The van der Waals surface area contributed by atoms with Gasteiger partial charge in [-0.15, -0.1) is 0 Å². The summed E-state index contributed by atoms with van der Waals surface area (Å²) in [5.74, 6) is 0.522. The van der Waals surface area contributed by atoms with E-state index in [0.717, 1.165) is 24.2 Å². The fourth-order valence-corrected chi connectivity index (χ4v) is 3.74. The van der Waals surface area contributed by atoms with Crippen molar-refractivity contribution in [2.45, 2.75) is 26.7 Å². The molecule has 0 spiro atoms. The number of guanidine groups is 1.